The average Bonchev–Trinajstić information content (AvgIpc) is 3.92. The number of unbranched alkanes of at least 4 members (excludes halogenated alkanes) is 6. The molecule has 0 aromatic carbocycles. The molecule has 234 valence electrons. The van der Waals surface area contributed by atoms with E-state index in [-0.39, 0.29) is 0 Å². The molecule has 0 atom stereocenters. The van der Waals surface area contributed by atoms with Crippen LogP contribution in [0.2, 0.25) is 0 Å². The van der Waals surface area contributed by atoms with Crippen molar-refractivity contribution in [2.75, 3.05) is 0 Å². The molecule has 8 heterocycles. The van der Waals surface area contributed by atoms with Crippen molar-refractivity contribution in [3.05, 3.63) is 71.7 Å². The fraction of sp³-hybridized carbons (Fsp3) is 0.316. The fourth-order valence-electron chi connectivity index (χ4n) is 6.73. The van der Waals surface area contributed by atoms with E-state index in [1.165, 1.54) is 113 Å². The molecule has 0 saturated heterocycles. The van der Waals surface area contributed by atoms with Crippen LogP contribution in [0.5, 0.6) is 0 Å². The maximum atomic E-state index is 4.80. The number of thiophene rings is 4. The summed E-state index contributed by atoms with van der Waals surface area (Å²) in [6.45, 7) is 6.73. The zero-order valence-corrected chi connectivity index (χ0v) is 29.7. The first kappa shape index (κ1) is 30.1. The molecule has 8 heteroatoms. The van der Waals surface area contributed by atoms with Crippen LogP contribution in [0.25, 0.3) is 73.1 Å². The summed E-state index contributed by atoms with van der Waals surface area (Å²) in [4.78, 5) is 12.2. The van der Waals surface area contributed by atoms with Gasteiger partial charge in [-0.2, -0.15) is 0 Å². The smallest absolute Gasteiger partial charge is 0.0892 e. The zero-order chi connectivity index (χ0) is 31.0. The van der Waals surface area contributed by atoms with Gasteiger partial charge in [0.25, 0.3) is 0 Å². The van der Waals surface area contributed by atoms with Crippen LogP contribution < -0.4 is 0 Å². The zero-order valence-electron chi connectivity index (χ0n) is 26.4. The monoisotopic (exact) mass is 678 g/mol. The second kappa shape index (κ2) is 13.1. The van der Waals surface area contributed by atoms with Gasteiger partial charge in [-0.25, -0.2) is 0 Å². The Hall–Kier alpha value is -3.30. The summed E-state index contributed by atoms with van der Waals surface area (Å²) in [5, 5.41) is 4.48. The maximum absolute atomic E-state index is 4.80. The van der Waals surface area contributed by atoms with Gasteiger partial charge in [-0.1, -0.05) is 52.4 Å². The van der Waals surface area contributed by atoms with Crippen molar-refractivity contribution < 1.29 is 0 Å². The molecule has 0 bridgehead atoms. The molecule has 0 N–H and O–H groups in total. The predicted octanol–water partition coefficient (Wildman–Crippen LogP) is 13.1. The fourth-order valence-corrected chi connectivity index (χ4v) is 11.2. The van der Waals surface area contributed by atoms with E-state index < -0.39 is 0 Å². The highest BCUT2D eigenvalue weighted by molar-refractivity contribution is 7.29. The summed E-state index contributed by atoms with van der Waals surface area (Å²) in [6, 6.07) is 18.1. The number of hydrogen-bond acceptors (Lipinski definition) is 6. The van der Waals surface area contributed by atoms with Crippen LogP contribution in [-0.4, -0.2) is 19.1 Å². The van der Waals surface area contributed by atoms with Crippen molar-refractivity contribution in [1.29, 1.82) is 0 Å². The Kier molecular flexibility index (Phi) is 8.54. The second-order valence-electron chi connectivity index (χ2n) is 12.2. The van der Waals surface area contributed by atoms with E-state index in [2.05, 4.69) is 82.3 Å². The predicted molar refractivity (Wildman–Crippen MR) is 204 cm³/mol. The van der Waals surface area contributed by atoms with Crippen molar-refractivity contribution in [3.8, 4) is 32.3 Å². The minimum Gasteiger partial charge on any atom is -0.339 e. The molecule has 0 unspecified atom stereocenters. The first-order valence-electron chi connectivity index (χ1n) is 16.6. The van der Waals surface area contributed by atoms with E-state index in [1.807, 2.05) is 57.7 Å². The Labute approximate surface area is 286 Å². The van der Waals surface area contributed by atoms with Crippen LogP contribution in [0.4, 0.5) is 0 Å². The van der Waals surface area contributed by atoms with Crippen LogP contribution in [0, 0.1) is 0 Å². The van der Waals surface area contributed by atoms with Gasteiger partial charge in [0, 0.05) is 35.2 Å². The molecule has 0 spiro atoms. The lowest BCUT2D eigenvalue weighted by Crippen LogP contribution is -1.96. The minimum absolute atomic E-state index is 0.920. The Morgan fingerprint density at radius 3 is 1.46 bits per heavy atom. The number of aryl methyl sites for hydroxylation is 2. The van der Waals surface area contributed by atoms with Crippen LogP contribution in [0.3, 0.4) is 0 Å². The Morgan fingerprint density at radius 1 is 0.522 bits per heavy atom. The third-order valence-corrected chi connectivity index (χ3v) is 13.6. The quantitative estimate of drug-likeness (QED) is 0.114. The highest BCUT2D eigenvalue weighted by Gasteiger charge is 2.19. The lowest BCUT2D eigenvalue weighted by molar-refractivity contribution is 0.602. The Balaban J connectivity index is 1.10. The average molecular weight is 679 g/mol. The van der Waals surface area contributed by atoms with E-state index >= 15 is 0 Å². The topological polar surface area (TPSA) is 35.6 Å². The van der Waals surface area contributed by atoms with E-state index in [9.17, 15) is 0 Å². The van der Waals surface area contributed by atoms with Crippen molar-refractivity contribution in [1.82, 2.24) is 19.1 Å². The summed E-state index contributed by atoms with van der Waals surface area (Å²) in [7, 11) is 0. The van der Waals surface area contributed by atoms with E-state index in [4.69, 9.17) is 9.97 Å². The summed E-state index contributed by atoms with van der Waals surface area (Å²) in [5.41, 5.74) is 9.78. The van der Waals surface area contributed by atoms with Gasteiger partial charge in [0.1, 0.15) is 0 Å². The van der Waals surface area contributed by atoms with E-state index in [0.29, 0.717) is 0 Å². The third kappa shape index (κ3) is 5.43. The lowest BCUT2D eigenvalue weighted by Gasteiger charge is -2.06. The molecular weight excluding hydrogens is 641 g/mol. The molecule has 0 aliphatic heterocycles. The van der Waals surface area contributed by atoms with Crippen molar-refractivity contribution in [3.63, 3.8) is 0 Å². The minimum atomic E-state index is 0.920. The number of rotatable bonds is 13. The van der Waals surface area contributed by atoms with Gasteiger partial charge < -0.3 is 9.13 Å². The van der Waals surface area contributed by atoms with Gasteiger partial charge in [0.2, 0.25) is 0 Å². The Bertz CT molecular complexity index is 2110. The molecule has 4 nitrogen and oxygen atoms in total. The van der Waals surface area contributed by atoms with Crippen LogP contribution >= 0.6 is 45.3 Å². The van der Waals surface area contributed by atoms with Gasteiger partial charge in [0.05, 0.1) is 52.3 Å². The number of pyridine rings is 2. The molecule has 0 fully saturated rings. The number of nitrogens with zero attached hydrogens (tertiary/aromatic N) is 4. The summed E-state index contributed by atoms with van der Waals surface area (Å²) in [6.07, 6.45) is 14.1. The number of aromatic nitrogens is 4. The van der Waals surface area contributed by atoms with Gasteiger partial charge in [-0.05, 0) is 83.3 Å². The molecule has 0 amide bonds. The Morgan fingerprint density at radius 2 is 1.00 bits per heavy atom. The van der Waals surface area contributed by atoms with Gasteiger partial charge >= 0.3 is 0 Å². The molecule has 0 radical (unpaired) electrons. The van der Waals surface area contributed by atoms with Gasteiger partial charge in [0.15, 0.2) is 0 Å². The normalized spacial score (nSPS) is 12.1. The van der Waals surface area contributed by atoms with Crippen LogP contribution in [0.1, 0.15) is 65.2 Å². The first-order chi connectivity index (χ1) is 22.7. The standard InChI is InChI=1S/C38H38N4S4/c1-3-5-7-9-17-41-29-13-19-43-35(29)37-31(41)23-33(45-37)25-11-15-39-27(21-25)28-22-26(12-16-40-28)34-24-32-38(46-34)36-30(14-20-44-36)42(32)18-10-8-6-4-2/h11-16,19-24H,3-10,17-18H2,1-2H3. The number of hydrogen-bond donors (Lipinski definition) is 0. The molecule has 46 heavy (non-hydrogen) atoms. The van der Waals surface area contributed by atoms with Crippen LogP contribution in [0.15, 0.2) is 71.7 Å². The van der Waals surface area contributed by atoms with E-state index in [1.54, 1.807) is 0 Å². The third-order valence-electron chi connectivity index (χ3n) is 9.11. The van der Waals surface area contributed by atoms with E-state index in [0.717, 1.165) is 24.5 Å². The van der Waals surface area contributed by atoms with Crippen molar-refractivity contribution in [2.24, 2.45) is 0 Å². The largest absolute Gasteiger partial charge is 0.339 e. The molecule has 8 aromatic heterocycles. The van der Waals surface area contributed by atoms with Crippen LogP contribution in [-0.2, 0) is 13.1 Å². The SMILES string of the molecule is CCCCCCn1c2ccsc2c2sc(-c3ccnc(-c4cc(-c5cc6c(s5)c5sccc5n6CCCCCC)ccn4)c3)cc21. The summed E-state index contributed by atoms with van der Waals surface area (Å²) >= 11 is 7.55. The highest BCUT2D eigenvalue weighted by atomic mass is 32.1. The van der Waals surface area contributed by atoms with Crippen molar-refractivity contribution in [2.45, 2.75) is 78.3 Å². The number of fused-ring (bicyclic) bond motifs is 6. The maximum Gasteiger partial charge on any atom is 0.0892 e. The molecule has 0 aliphatic carbocycles. The van der Waals surface area contributed by atoms with Gasteiger partial charge in [-0.15, -0.1) is 45.3 Å². The lowest BCUT2D eigenvalue weighted by atomic mass is 10.1. The van der Waals surface area contributed by atoms with Gasteiger partial charge in [-0.3, -0.25) is 9.97 Å². The van der Waals surface area contributed by atoms with Crippen molar-refractivity contribution >= 4 is 86.2 Å². The second-order valence-corrected chi connectivity index (χ2v) is 16.1. The molecular formula is C38H38N4S4. The molecule has 0 aliphatic rings. The summed E-state index contributed by atoms with van der Waals surface area (Å²) in [5.74, 6) is 0. The molecule has 0 saturated carbocycles. The molecule has 8 rings (SSSR count). The summed E-state index contributed by atoms with van der Waals surface area (Å²) < 4.78 is 10.8. The highest BCUT2D eigenvalue weighted by Crippen LogP contribution is 2.44. The first-order valence-corrected chi connectivity index (χ1v) is 20.0. The molecule has 8 aromatic rings.